The molecular weight excluding hydrogens is 433 g/mol. The summed E-state index contributed by atoms with van der Waals surface area (Å²) in [5.74, 6) is -3.02. The number of ether oxygens (including phenoxy) is 2. The van der Waals surface area contributed by atoms with E-state index in [9.17, 15) is 23.2 Å². The van der Waals surface area contributed by atoms with Gasteiger partial charge in [0.2, 0.25) is 0 Å². The zero-order valence-corrected chi connectivity index (χ0v) is 17.5. The van der Waals surface area contributed by atoms with E-state index in [1.165, 1.54) is 32.4 Å². The highest BCUT2D eigenvalue weighted by Gasteiger charge is 2.25. The minimum Gasteiger partial charge on any atom is -0.497 e. The normalized spacial score (nSPS) is 10.6. The Morgan fingerprint density at radius 3 is 2.19 bits per heavy atom. The van der Waals surface area contributed by atoms with E-state index in [1.54, 1.807) is 13.0 Å². The van der Waals surface area contributed by atoms with Crippen molar-refractivity contribution in [3.8, 4) is 40.0 Å². The molecule has 0 N–H and O–H groups in total. The maximum absolute atomic E-state index is 14.8. The van der Waals surface area contributed by atoms with E-state index >= 15 is 0 Å². The largest absolute Gasteiger partial charge is 0.497 e. The highest BCUT2D eigenvalue weighted by atomic mass is 35.5. The highest BCUT2D eigenvalue weighted by Crippen LogP contribution is 2.43. The van der Waals surface area contributed by atoms with Crippen LogP contribution in [0.4, 0.5) is 13.2 Å². The minimum absolute atomic E-state index is 0.0222. The lowest BCUT2D eigenvalue weighted by atomic mass is 9.95. The highest BCUT2D eigenvalue weighted by molar-refractivity contribution is 6.35. The lowest BCUT2D eigenvalue weighted by molar-refractivity contribution is 0.395. The second-order valence-electron chi connectivity index (χ2n) is 6.42. The van der Waals surface area contributed by atoms with E-state index in [0.717, 1.165) is 4.57 Å². The predicted octanol–water partition coefficient (Wildman–Crippen LogP) is 5.16. The number of pyridine rings is 1. The van der Waals surface area contributed by atoms with Crippen molar-refractivity contribution in [2.45, 2.75) is 13.5 Å². The third-order valence-corrected chi connectivity index (χ3v) is 5.12. The van der Waals surface area contributed by atoms with Crippen LogP contribution in [0, 0.1) is 28.8 Å². The summed E-state index contributed by atoms with van der Waals surface area (Å²) in [6.45, 7) is 1.55. The van der Waals surface area contributed by atoms with E-state index in [1.807, 2.05) is 0 Å². The van der Waals surface area contributed by atoms with E-state index in [0.29, 0.717) is 17.9 Å². The molecule has 9 heteroatoms. The zero-order chi connectivity index (χ0) is 22.9. The van der Waals surface area contributed by atoms with Crippen molar-refractivity contribution in [3.05, 3.63) is 68.7 Å². The molecule has 2 aromatic carbocycles. The average Bonchev–Trinajstić information content (AvgIpc) is 2.73. The van der Waals surface area contributed by atoms with Crippen molar-refractivity contribution in [1.82, 2.24) is 4.57 Å². The van der Waals surface area contributed by atoms with Gasteiger partial charge in [-0.15, -0.1) is 0 Å². The molecule has 1 aromatic heterocycles. The van der Waals surface area contributed by atoms with Crippen LogP contribution in [-0.2, 0) is 6.54 Å². The van der Waals surface area contributed by atoms with Crippen LogP contribution in [-0.4, -0.2) is 18.8 Å². The maximum Gasteiger partial charge on any atom is 0.268 e. The summed E-state index contributed by atoms with van der Waals surface area (Å²) < 4.78 is 54.6. The van der Waals surface area contributed by atoms with E-state index in [2.05, 4.69) is 0 Å². The van der Waals surface area contributed by atoms with Crippen molar-refractivity contribution >= 4 is 11.6 Å². The summed E-state index contributed by atoms with van der Waals surface area (Å²) in [5.41, 5.74) is -1.56. The first-order valence-corrected chi connectivity index (χ1v) is 9.39. The Balaban J connectivity index is 2.57. The fourth-order valence-electron chi connectivity index (χ4n) is 3.33. The van der Waals surface area contributed by atoms with Gasteiger partial charge in [-0.1, -0.05) is 11.6 Å². The van der Waals surface area contributed by atoms with Crippen LogP contribution < -0.4 is 15.0 Å². The summed E-state index contributed by atoms with van der Waals surface area (Å²) in [5, 5.41) is 9.51. The number of halogens is 4. The van der Waals surface area contributed by atoms with Gasteiger partial charge in [0.25, 0.3) is 5.56 Å². The molecule has 0 aliphatic rings. The number of rotatable bonds is 5. The van der Waals surface area contributed by atoms with Gasteiger partial charge < -0.3 is 14.0 Å². The standard InChI is InChI=1S/C22H16ClF3N2O3/c1-4-28-21(19-16(25)6-12(24)7-17(19)26)15(5-11(10-27)22(28)29)14-8-13(30-2)9-18(31-3)20(14)23/h5-9H,4H2,1-3H3. The van der Waals surface area contributed by atoms with Crippen molar-refractivity contribution in [2.24, 2.45) is 0 Å². The number of nitrogens with zero attached hydrogens (tertiary/aromatic N) is 2. The smallest absolute Gasteiger partial charge is 0.268 e. The van der Waals surface area contributed by atoms with Crippen molar-refractivity contribution in [1.29, 1.82) is 5.26 Å². The quantitative estimate of drug-likeness (QED) is 0.540. The average molecular weight is 449 g/mol. The van der Waals surface area contributed by atoms with E-state index < -0.39 is 28.6 Å². The first-order valence-electron chi connectivity index (χ1n) is 9.02. The third-order valence-electron chi connectivity index (χ3n) is 4.73. The van der Waals surface area contributed by atoms with Gasteiger partial charge in [0.15, 0.2) is 0 Å². The molecule has 3 aromatic rings. The second kappa shape index (κ2) is 8.74. The molecule has 0 fully saturated rings. The second-order valence-corrected chi connectivity index (χ2v) is 6.80. The monoisotopic (exact) mass is 448 g/mol. The van der Waals surface area contributed by atoms with Crippen LogP contribution in [0.15, 0.2) is 35.1 Å². The Labute approximate surface area is 180 Å². The minimum atomic E-state index is -1.21. The van der Waals surface area contributed by atoms with Crippen molar-refractivity contribution < 1.29 is 22.6 Å². The summed E-state index contributed by atoms with van der Waals surface area (Å²) in [4.78, 5) is 12.8. The molecule has 0 amide bonds. The molecule has 0 aliphatic heterocycles. The van der Waals surface area contributed by atoms with Crippen LogP contribution in [0.5, 0.6) is 11.5 Å². The molecular formula is C22H16ClF3N2O3. The molecule has 0 saturated carbocycles. The Kier molecular flexibility index (Phi) is 6.27. The Morgan fingerprint density at radius 2 is 1.68 bits per heavy atom. The van der Waals surface area contributed by atoms with Crippen LogP contribution in [0.1, 0.15) is 12.5 Å². The van der Waals surface area contributed by atoms with Crippen LogP contribution in [0.25, 0.3) is 22.4 Å². The van der Waals surface area contributed by atoms with Gasteiger partial charge in [0, 0.05) is 35.9 Å². The summed E-state index contributed by atoms with van der Waals surface area (Å²) in [6.07, 6.45) is 0. The summed E-state index contributed by atoms with van der Waals surface area (Å²) in [7, 11) is 2.78. The lowest BCUT2D eigenvalue weighted by Crippen LogP contribution is -2.25. The molecule has 0 saturated heterocycles. The topological polar surface area (TPSA) is 64.2 Å². The number of aromatic nitrogens is 1. The molecule has 5 nitrogen and oxygen atoms in total. The Morgan fingerprint density at radius 1 is 1.03 bits per heavy atom. The zero-order valence-electron chi connectivity index (χ0n) is 16.7. The van der Waals surface area contributed by atoms with Gasteiger partial charge >= 0.3 is 0 Å². The SMILES string of the molecule is CCn1c(-c2c(F)cc(F)cc2F)c(-c2cc(OC)cc(OC)c2Cl)cc(C#N)c1=O. The van der Waals surface area contributed by atoms with Crippen LogP contribution in [0.2, 0.25) is 5.02 Å². The number of methoxy groups -OCH3 is 2. The van der Waals surface area contributed by atoms with Crippen molar-refractivity contribution in [2.75, 3.05) is 14.2 Å². The molecule has 0 spiro atoms. The maximum atomic E-state index is 14.8. The number of nitriles is 1. The molecule has 1 heterocycles. The first-order chi connectivity index (χ1) is 14.8. The fraction of sp³-hybridized carbons (Fsp3) is 0.182. The first kappa shape index (κ1) is 22.2. The fourth-order valence-corrected chi connectivity index (χ4v) is 3.61. The van der Waals surface area contributed by atoms with Gasteiger partial charge in [-0.05, 0) is 19.1 Å². The third kappa shape index (κ3) is 3.84. The van der Waals surface area contributed by atoms with Crippen LogP contribution in [0.3, 0.4) is 0 Å². The van der Waals surface area contributed by atoms with E-state index in [-0.39, 0.29) is 39.7 Å². The molecule has 3 rings (SSSR count). The number of benzene rings is 2. The summed E-state index contributed by atoms with van der Waals surface area (Å²) in [6, 6.07) is 6.99. The number of hydrogen-bond donors (Lipinski definition) is 0. The van der Waals surface area contributed by atoms with Gasteiger partial charge in [-0.2, -0.15) is 5.26 Å². The van der Waals surface area contributed by atoms with E-state index in [4.69, 9.17) is 21.1 Å². The molecule has 0 aliphatic carbocycles. The molecule has 0 radical (unpaired) electrons. The molecule has 0 unspecified atom stereocenters. The summed E-state index contributed by atoms with van der Waals surface area (Å²) >= 11 is 6.47. The lowest BCUT2D eigenvalue weighted by Gasteiger charge is -2.20. The van der Waals surface area contributed by atoms with Crippen molar-refractivity contribution in [3.63, 3.8) is 0 Å². The van der Waals surface area contributed by atoms with Gasteiger partial charge in [0.05, 0.1) is 30.5 Å². The molecule has 31 heavy (non-hydrogen) atoms. The van der Waals surface area contributed by atoms with Crippen LogP contribution >= 0.6 is 11.6 Å². The molecule has 0 bridgehead atoms. The molecule has 0 atom stereocenters. The Bertz CT molecular complexity index is 1260. The molecule has 160 valence electrons. The van der Waals surface area contributed by atoms with Gasteiger partial charge in [0.1, 0.15) is 40.6 Å². The number of hydrogen-bond acceptors (Lipinski definition) is 4. The Hall–Kier alpha value is -3.44. The van der Waals surface area contributed by atoms with Gasteiger partial charge in [-0.25, -0.2) is 13.2 Å². The van der Waals surface area contributed by atoms with Gasteiger partial charge in [-0.3, -0.25) is 4.79 Å². The predicted molar refractivity (Wildman–Crippen MR) is 110 cm³/mol.